The van der Waals surface area contributed by atoms with Gasteiger partial charge in [0.05, 0.1) is 24.2 Å². The predicted octanol–water partition coefficient (Wildman–Crippen LogP) is 2.23. The van der Waals surface area contributed by atoms with Crippen LogP contribution in [0.1, 0.15) is 18.1 Å². The number of nitro groups is 1. The Hall–Kier alpha value is -3.75. The van der Waals surface area contributed by atoms with Gasteiger partial charge in [0.25, 0.3) is 5.69 Å². The molecule has 0 aromatic heterocycles. The summed E-state index contributed by atoms with van der Waals surface area (Å²) in [4.78, 5) is 33.9. The Bertz CT molecular complexity index is 881. The van der Waals surface area contributed by atoms with Gasteiger partial charge in [-0.05, 0) is 19.1 Å². The molecule has 0 radical (unpaired) electrons. The molecular weight excluding hydrogens is 366 g/mol. The summed E-state index contributed by atoms with van der Waals surface area (Å²) in [7, 11) is 0. The summed E-state index contributed by atoms with van der Waals surface area (Å²) in [6.07, 6.45) is 1.17. The van der Waals surface area contributed by atoms with E-state index in [-0.39, 0.29) is 25.3 Å². The zero-order valence-corrected chi connectivity index (χ0v) is 15.2. The van der Waals surface area contributed by atoms with Crippen LogP contribution < -0.4 is 10.2 Å². The molecule has 0 aliphatic heterocycles. The molecule has 2 aromatic rings. The normalized spacial score (nSPS) is 10.5. The topological polar surface area (TPSA) is 120 Å². The quantitative estimate of drug-likeness (QED) is 0.306. The Labute approximate surface area is 161 Å². The number of esters is 1. The van der Waals surface area contributed by atoms with Gasteiger partial charge < -0.3 is 9.47 Å². The summed E-state index contributed by atoms with van der Waals surface area (Å²) in [5.41, 5.74) is 3.02. The van der Waals surface area contributed by atoms with E-state index in [2.05, 4.69) is 10.5 Å². The van der Waals surface area contributed by atoms with Gasteiger partial charge in [-0.2, -0.15) is 5.10 Å². The monoisotopic (exact) mass is 385 g/mol. The Morgan fingerprint density at radius 1 is 1.18 bits per heavy atom. The van der Waals surface area contributed by atoms with Crippen molar-refractivity contribution in [3.63, 3.8) is 0 Å². The van der Waals surface area contributed by atoms with Crippen molar-refractivity contribution in [2.24, 2.45) is 5.10 Å². The molecule has 0 unspecified atom stereocenters. The fraction of sp³-hybridized carbons (Fsp3) is 0.211. The predicted molar refractivity (Wildman–Crippen MR) is 101 cm³/mol. The third-order valence-electron chi connectivity index (χ3n) is 3.50. The molecule has 0 atom stereocenters. The van der Waals surface area contributed by atoms with E-state index in [1.54, 1.807) is 37.3 Å². The number of hydrogen-bond donors (Lipinski definition) is 1. The number of rotatable bonds is 9. The van der Waals surface area contributed by atoms with Crippen LogP contribution in [0.15, 0.2) is 53.6 Å². The number of hydrogen-bond acceptors (Lipinski definition) is 7. The fourth-order valence-electron chi connectivity index (χ4n) is 2.28. The molecule has 1 amide bonds. The molecule has 2 aromatic carbocycles. The summed E-state index contributed by atoms with van der Waals surface area (Å²) in [6.45, 7) is 1.71. The van der Waals surface area contributed by atoms with Gasteiger partial charge in [0.2, 0.25) is 5.91 Å². The minimum atomic E-state index is -0.539. The lowest BCUT2D eigenvalue weighted by Gasteiger charge is -2.08. The molecule has 146 valence electrons. The second-order valence-corrected chi connectivity index (χ2v) is 5.49. The van der Waals surface area contributed by atoms with E-state index in [0.717, 1.165) is 0 Å². The summed E-state index contributed by atoms with van der Waals surface area (Å²) < 4.78 is 10.2. The number of benzene rings is 2. The van der Waals surface area contributed by atoms with Gasteiger partial charge in [-0.1, -0.05) is 30.3 Å². The molecule has 0 saturated heterocycles. The number of carbonyl (C=O) groups excluding carboxylic acids is 2. The van der Waals surface area contributed by atoms with E-state index in [1.807, 2.05) is 0 Å². The molecule has 0 aliphatic rings. The molecule has 0 aliphatic carbocycles. The Morgan fingerprint density at radius 3 is 2.64 bits per heavy atom. The molecule has 9 heteroatoms. The lowest BCUT2D eigenvalue weighted by atomic mass is 10.1. The molecule has 0 spiro atoms. The van der Waals surface area contributed by atoms with E-state index in [1.165, 1.54) is 24.4 Å². The molecule has 1 N–H and O–H groups in total. The number of amides is 1. The third-order valence-corrected chi connectivity index (χ3v) is 3.50. The smallest absolute Gasteiger partial charge is 0.344 e. The van der Waals surface area contributed by atoms with Crippen molar-refractivity contribution in [3.05, 3.63) is 69.8 Å². The lowest BCUT2D eigenvalue weighted by molar-refractivity contribution is -0.385. The second-order valence-electron chi connectivity index (χ2n) is 5.49. The molecule has 9 nitrogen and oxygen atoms in total. The first-order valence-electron chi connectivity index (χ1n) is 8.43. The Kier molecular flexibility index (Phi) is 7.64. The molecule has 2 rings (SSSR count). The zero-order chi connectivity index (χ0) is 20.4. The highest BCUT2D eigenvalue weighted by atomic mass is 16.6. The van der Waals surface area contributed by atoms with E-state index in [4.69, 9.17) is 9.47 Å². The first kappa shape index (κ1) is 20.6. The van der Waals surface area contributed by atoms with Gasteiger partial charge in [0.15, 0.2) is 6.61 Å². The van der Waals surface area contributed by atoms with Crippen LogP contribution in [0, 0.1) is 10.1 Å². The van der Waals surface area contributed by atoms with Gasteiger partial charge >= 0.3 is 5.97 Å². The molecule has 0 bridgehead atoms. The van der Waals surface area contributed by atoms with Crippen molar-refractivity contribution in [1.82, 2.24) is 5.43 Å². The maximum Gasteiger partial charge on any atom is 0.344 e. The van der Waals surface area contributed by atoms with Crippen LogP contribution in [-0.4, -0.2) is 36.2 Å². The number of ether oxygens (including phenoxy) is 2. The lowest BCUT2D eigenvalue weighted by Crippen LogP contribution is -2.20. The van der Waals surface area contributed by atoms with E-state index in [0.29, 0.717) is 16.9 Å². The average molecular weight is 385 g/mol. The van der Waals surface area contributed by atoms with Crippen LogP contribution in [0.4, 0.5) is 5.69 Å². The van der Waals surface area contributed by atoms with Crippen molar-refractivity contribution < 1.29 is 24.0 Å². The highest BCUT2D eigenvalue weighted by Crippen LogP contribution is 2.18. The first-order chi connectivity index (χ1) is 13.5. The van der Waals surface area contributed by atoms with Gasteiger partial charge in [-0.3, -0.25) is 14.9 Å². The van der Waals surface area contributed by atoms with Crippen molar-refractivity contribution in [3.8, 4) is 5.75 Å². The average Bonchev–Trinajstić information content (AvgIpc) is 2.67. The van der Waals surface area contributed by atoms with Gasteiger partial charge in [0.1, 0.15) is 5.75 Å². The van der Waals surface area contributed by atoms with Crippen molar-refractivity contribution >= 4 is 23.8 Å². The molecule has 0 heterocycles. The number of nitro benzene ring substituents is 1. The van der Waals surface area contributed by atoms with Crippen LogP contribution >= 0.6 is 0 Å². The summed E-state index contributed by atoms with van der Waals surface area (Å²) in [6, 6.07) is 12.8. The standard InChI is InChI=1S/C19H19N3O6/c1-2-27-19(24)13-28-17-10-6-4-8-15(17)12-20-21-18(23)11-14-7-3-5-9-16(14)22(25)26/h3-10,12H,2,11,13H2,1H3,(H,21,23)/b20-12+. The van der Waals surface area contributed by atoms with Crippen molar-refractivity contribution in [2.45, 2.75) is 13.3 Å². The Balaban J connectivity index is 1.97. The van der Waals surface area contributed by atoms with Crippen LogP contribution in [-0.2, 0) is 20.7 Å². The minimum Gasteiger partial charge on any atom is -0.481 e. The number of carbonyl (C=O) groups is 2. The third kappa shape index (κ3) is 6.20. The van der Waals surface area contributed by atoms with E-state index < -0.39 is 16.8 Å². The summed E-state index contributed by atoms with van der Waals surface area (Å²) in [5.74, 6) is -0.602. The second kappa shape index (κ2) is 10.4. The van der Waals surface area contributed by atoms with Crippen LogP contribution in [0.3, 0.4) is 0 Å². The maximum atomic E-state index is 12.0. The number of para-hydroxylation sites is 2. The van der Waals surface area contributed by atoms with Gasteiger partial charge in [0, 0.05) is 17.2 Å². The molecule has 0 saturated carbocycles. The van der Waals surface area contributed by atoms with Crippen LogP contribution in [0.5, 0.6) is 5.75 Å². The van der Waals surface area contributed by atoms with Crippen LogP contribution in [0.25, 0.3) is 0 Å². The fourth-order valence-corrected chi connectivity index (χ4v) is 2.28. The minimum absolute atomic E-state index is 0.126. The molecule has 0 fully saturated rings. The van der Waals surface area contributed by atoms with E-state index in [9.17, 15) is 19.7 Å². The number of nitrogens with one attached hydrogen (secondary N) is 1. The van der Waals surface area contributed by atoms with E-state index >= 15 is 0 Å². The zero-order valence-electron chi connectivity index (χ0n) is 15.2. The Morgan fingerprint density at radius 2 is 1.89 bits per heavy atom. The van der Waals surface area contributed by atoms with Crippen molar-refractivity contribution in [2.75, 3.05) is 13.2 Å². The summed E-state index contributed by atoms with van der Waals surface area (Å²) >= 11 is 0. The largest absolute Gasteiger partial charge is 0.481 e. The molecule has 28 heavy (non-hydrogen) atoms. The summed E-state index contributed by atoms with van der Waals surface area (Å²) in [5, 5.41) is 14.8. The number of hydrazone groups is 1. The number of nitrogens with zero attached hydrogens (tertiary/aromatic N) is 2. The SMILES string of the molecule is CCOC(=O)COc1ccccc1/C=N/NC(=O)Cc1ccccc1[N+](=O)[O-]. The van der Waals surface area contributed by atoms with Crippen molar-refractivity contribution in [1.29, 1.82) is 0 Å². The highest BCUT2D eigenvalue weighted by molar-refractivity contribution is 5.86. The maximum absolute atomic E-state index is 12.0. The molecular formula is C19H19N3O6. The van der Waals surface area contributed by atoms with Gasteiger partial charge in [-0.25, -0.2) is 10.2 Å². The highest BCUT2D eigenvalue weighted by Gasteiger charge is 2.15. The van der Waals surface area contributed by atoms with Crippen LogP contribution in [0.2, 0.25) is 0 Å². The van der Waals surface area contributed by atoms with Gasteiger partial charge in [-0.15, -0.1) is 0 Å². The first-order valence-corrected chi connectivity index (χ1v) is 8.43.